The van der Waals surface area contributed by atoms with Crippen LogP contribution in [-0.4, -0.2) is 40.0 Å². The summed E-state index contributed by atoms with van der Waals surface area (Å²) in [5, 5.41) is 10.0. The molecule has 1 saturated heterocycles. The van der Waals surface area contributed by atoms with Gasteiger partial charge in [-0.3, -0.25) is 0 Å². The molecule has 2 aromatic rings. The van der Waals surface area contributed by atoms with Crippen LogP contribution in [0, 0.1) is 0 Å². The summed E-state index contributed by atoms with van der Waals surface area (Å²) in [6.07, 6.45) is 1.13. The summed E-state index contributed by atoms with van der Waals surface area (Å²) < 4.78 is 12.7. The van der Waals surface area contributed by atoms with Crippen molar-refractivity contribution >= 4 is 23.4 Å². The van der Waals surface area contributed by atoms with E-state index < -0.39 is 0 Å². The third kappa shape index (κ3) is 3.40. The maximum Gasteiger partial charge on any atom is 0.191 e. The minimum Gasteiger partial charge on any atom is -0.355 e. The van der Waals surface area contributed by atoms with Gasteiger partial charge in [-0.1, -0.05) is 35.5 Å². The van der Waals surface area contributed by atoms with E-state index in [0.717, 1.165) is 35.3 Å². The predicted octanol–water partition coefficient (Wildman–Crippen LogP) is 2.99. The Labute approximate surface area is 132 Å². The number of benzene rings is 1. The Morgan fingerprint density at radius 2 is 2.24 bits per heavy atom. The second-order valence-electron chi connectivity index (χ2n) is 4.76. The van der Waals surface area contributed by atoms with Gasteiger partial charge < -0.3 is 14.0 Å². The largest absolute Gasteiger partial charge is 0.355 e. The maximum atomic E-state index is 6.22. The van der Waals surface area contributed by atoms with Crippen LogP contribution in [0.2, 0.25) is 5.02 Å². The molecule has 112 valence electrons. The van der Waals surface area contributed by atoms with E-state index in [2.05, 4.69) is 10.2 Å². The van der Waals surface area contributed by atoms with Crippen LogP contribution in [0.1, 0.15) is 6.42 Å². The van der Waals surface area contributed by atoms with Crippen molar-refractivity contribution in [2.75, 3.05) is 19.2 Å². The molecule has 0 bridgehead atoms. The van der Waals surface area contributed by atoms with Gasteiger partial charge in [0.15, 0.2) is 11.0 Å². The van der Waals surface area contributed by atoms with Gasteiger partial charge in [-0.05, 0) is 18.6 Å². The van der Waals surface area contributed by atoms with E-state index in [9.17, 15) is 0 Å². The van der Waals surface area contributed by atoms with Crippen LogP contribution >= 0.6 is 23.4 Å². The summed E-state index contributed by atoms with van der Waals surface area (Å²) in [7, 11) is 1.95. The number of hydrogen-bond acceptors (Lipinski definition) is 5. The molecular weight excluding hydrogens is 310 g/mol. The van der Waals surface area contributed by atoms with Crippen molar-refractivity contribution < 1.29 is 9.47 Å². The summed E-state index contributed by atoms with van der Waals surface area (Å²) in [5.41, 5.74) is 0.892. The fourth-order valence-electron chi connectivity index (χ4n) is 2.12. The van der Waals surface area contributed by atoms with Crippen molar-refractivity contribution in [2.45, 2.75) is 17.7 Å². The normalized spacial score (nSPS) is 18.9. The van der Waals surface area contributed by atoms with Crippen LogP contribution in [-0.2, 0) is 16.5 Å². The molecule has 21 heavy (non-hydrogen) atoms. The molecule has 0 aliphatic carbocycles. The van der Waals surface area contributed by atoms with Crippen LogP contribution in [0.3, 0.4) is 0 Å². The molecule has 5 nitrogen and oxygen atoms in total. The molecule has 0 amide bonds. The Morgan fingerprint density at radius 1 is 1.38 bits per heavy atom. The summed E-state index contributed by atoms with van der Waals surface area (Å²) in [6.45, 7) is 1.14. The molecule has 1 aromatic carbocycles. The molecule has 2 heterocycles. The molecule has 1 atom stereocenters. The van der Waals surface area contributed by atoms with Crippen LogP contribution in [0.15, 0.2) is 29.4 Å². The lowest BCUT2D eigenvalue weighted by Crippen LogP contribution is -2.25. The van der Waals surface area contributed by atoms with E-state index in [1.165, 1.54) is 0 Å². The van der Waals surface area contributed by atoms with Gasteiger partial charge in [0.05, 0.1) is 17.7 Å². The summed E-state index contributed by atoms with van der Waals surface area (Å²) in [4.78, 5) is 0. The fraction of sp³-hybridized carbons (Fsp3) is 0.429. The molecule has 1 fully saturated rings. The van der Waals surface area contributed by atoms with Crippen molar-refractivity contribution in [1.82, 2.24) is 14.8 Å². The lowest BCUT2D eigenvalue weighted by Gasteiger charge is -2.21. The zero-order chi connectivity index (χ0) is 14.7. The number of ether oxygens (including phenoxy) is 2. The number of thioether (sulfide) groups is 1. The first kappa shape index (κ1) is 14.8. The first-order valence-corrected chi connectivity index (χ1v) is 8.08. The Morgan fingerprint density at radius 3 is 3.00 bits per heavy atom. The molecule has 0 spiro atoms. The van der Waals surface area contributed by atoms with Crippen LogP contribution in [0.25, 0.3) is 11.4 Å². The predicted molar refractivity (Wildman–Crippen MR) is 82.5 cm³/mol. The minimum absolute atomic E-state index is 0.212. The molecule has 1 aliphatic rings. The lowest BCUT2D eigenvalue weighted by molar-refractivity contribution is -0.130. The van der Waals surface area contributed by atoms with Crippen molar-refractivity contribution in [1.29, 1.82) is 0 Å². The number of aromatic nitrogens is 3. The van der Waals surface area contributed by atoms with Gasteiger partial charge in [0.1, 0.15) is 6.79 Å². The van der Waals surface area contributed by atoms with Crippen molar-refractivity contribution in [3.05, 3.63) is 29.3 Å². The van der Waals surface area contributed by atoms with Crippen molar-refractivity contribution in [3.8, 4) is 11.4 Å². The SMILES string of the molecule is Cn1c(SC[C@H]2CCOCO2)nnc1-c1ccccc1Cl. The molecular formula is C14H16ClN3O2S. The summed E-state index contributed by atoms with van der Waals surface area (Å²) in [6, 6.07) is 7.65. The van der Waals surface area contributed by atoms with Crippen molar-refractivity contribution in [3.63, 3.8) is 0 Å². The number of hydrogen-bond donors (Lipinski definition) is 0. The van der Waals surface area contributed by atoms with Crippen LogP contribution in [0.4, 0.5) is 0 Å². The fourth-order valence-corrected chi connectivity index (χ4v) is 3.31. The highest BCUT2D eigenvalue weighted by molar-refractivity contribution is 7.99. The Bertz CT molecular complexity index is 614. The number of nitrogens with zero attached hydrogens (tertiary/aromatic N) is 3. The molecule has 3 rings (SSSR count). The smallest absolute Gasteiger partial charge is 0.191 e. The number of halogens is 1. The van der Waals surface area contributed by atoms with E-state index in [4.69, 9.17) is 21.1 Å². The second-order valence-corrected chi connectivity index (χ2v) is 6.15. The first-order valence-electron chi connectivity index (χ1n) is 6.72. The quantitative estimate of drug-likeness (QED) is 0.809. The Kier molecular flexibility index (Phi) is 4.80. The highest BCUT2D eigenvalue weighted by atomic mass is 35.5. The van der Waals surface area contributed by atoms with Gasteiger partial charge in [-0.25, -0.2) is 0 Å². The standard InChI is InChI=1S/C14H16ClN3O2S/c1-18-13(11-4-2-3-5-12(11)15)16-17-14(18)21-8-10-6-7-19-9-20-10/h2-5,10H,6-9H2,1H3/t10-/m1/s1. The molecule has 1 aliphatic heterocycles. The maximum absolute atomic E-state index is 6.22. The van der Waals surface area contributed by atoms with Crippen LogP contribution < -0.4 is 0 Å². The number of rotatable bonds is 4. The second kappa shape index (κ2) is 6.79. The van der Waals surface area contributed by atoms with Crippen molar-refractivity contribution in [2.24, 2.45) is 7.05 Å². The lowest BCUT2D eigenvalue weighted by atomic mass is 10.2. The van der Waals surface area contributed by atoms with Gasteiger partial charge >= 0.3 is 0 Å². The van der Waals surface area contributed by atoms with Gasteiger partial charge in [0.25, 0.3) is 0 Å². The highest BCUT2D eigenvalue weighted by Gasteiger charge is 2.18. The molecule has 1 aromatic heterocycles. The molecule has 0 unspecified atom stereocenters. The molecule has 7 heteroatoms. The molecule has 0 saturated carbocycles. The zero-order valence-corrected chi connectivity index (χ0v) is 13.2. The topological polar surface area (TPSA) is 49.2 Å². The monoisotopic (exact) mass is 325 g/mol. The third-order valence-electron chi connectivity index (χ3n) is 3.32. The van der Waals surface area contributed by atoms with Gasteiger partial charge in [0.2, 0.25) is 0 Å². The van der Waals surface area contributed by atoms with E-state index in [1.807, 2.05) is 35.9 Å². The van der Waals surface area contributed by atoms with E-state index >= 15 is 0 Å². The average molecular weight is 326 g/mol. The zero-order valence-electron chi connectivity index (χ0n) is 11.7. The van der Waals surface area contributed by atoms with E-state index in [-0.39, 0.29) is 6.10 Å². The third-order valence-corrected chi connectivity index (χ3v) is 4.80. The van der Waals surface area contributed by atoms with Crippen LogP contribution in [0.5, 0.6) is 0 Å². The average Bonchev–Trinajstić information content (AvgIpc) is 2.88. The summed E-state index contributed by atoms with van der Waals surface area (Å²) >= 11 is 7.86. The van der Waals surface area contributed by atoms with Gasteiger partial charge in [0, 0.05) is 18.4 Å². The minimum atomic E-state index is 0.212. The molecule has 0 N–H and O–H groups in total. The molecule has 0 radical (unpaired) electrons. The van der Waals surface area contributed by atoms with Gasteiger partial charge in [-0.15, -0.1) is 10.2 Å². The highest BCUT2D eigenvalue weighted by Crippen LogP contribution is 2.28. The summed E-state index contributed by atoms with van der Waals surface area (Å²) in [5.74, 6) is 1.62. The van der Waals surface area contributed by atoms with E-state index in [0.29, 0.717) is 11.8 Å². The Balaban J connectivity index is 1.72. The Hall–Kier alpha value is -1.08. The van der Waals surface area contributed by atoms with E-state index in [1.54, 1.807) is 11.8 Å². The van der Waals surface area contributed by atoms with Gasteiger partial charge in [-0.2, -0.15) is 0 Å². The first-order chi connectivity index (χ1) is 10.3.